The van der Waals surface area contributed by atoms with Crippen LogP contribution in [0.5, 0.6) is 11.5 Å². The number of rotatable bonds is 19. The van der Waals surface area contributed by atoms with Gasteiger partial charge in [0.1, 0.15) is 11.5 Å². The molecule has 0 saturated carbocycles. The fraction of sp³-hybridized carbons (Fsp3) is 0.500. The quantitative estimate of drug-likeness (QED) is 0.0974. The highest BCUT2D eigenvalue weighted by atomic mass is 32.3. The Morgan fingerprint density at radius 3 is 1.43 bits per heavy atom. The predicted octanol–water partition coefficient (Wildman–Crippen LogP) is 10.4. The molecule has 1 aromatic carbocycles. The topological polar surface area (TPSA) is 86.7 Å². The monoisotopic (exact) mass is 597 g/mol. The lowest BCUT2D eigenvalue weighted by molar-refractivity contribution is 0.371. The molecule has 0 aliphatic heterocycles. The second-order valence-electron chi connectivity index (χ2n) is 11.7. The van der Waals surface area contributed by atoms with Crippen LogP contribution in [-0.2, 0) is 16.8 Å². The van der Waals surface area contributed by atoms with E-state index in [9.17, 15) is 18.1 Å². The molecule has 0 amide bonds. The second kappa shape index (κ2) is 20.1. The number of hydrogen-bond acceptors (Lipinski definition) is 5. The van der Waals surface area contributed by atoms with Crippen molar-refractivity contribution < 1.29 is 22.3 Å². The fourth-order valence-electron chi connectivity index (χ4n) is 4.46. The van der Waals surface area contributed by atoms with Crippen molar-refractivity contribution in [3.8, 4) is 11.5 Å². The zero-order valence-corrected chi connectivity index (χ0v) is 27.8. The van der Waals surface area contributed by atoms with Crippen LogP contribution in [0.3, 0.4) is 0 Å². The maximum atomic E-state index is 10.8. The minimum atomic E-state index is -4.85. The Morgan fingerprint density at radius 2 is 1.05 bits per heavy atom. The Hall–Kier alpha value is -2.83. The van der Waals surface area contributed by atoms with Crippen molar-refractivity contribution in [1.29, 1.82) is 0 Å². The van der Waals surface area contributed by atoms with E-state index in [1.807, 2.05) is 13.0 Å². The number of benzene rings is 1. The van der Waals surface area contributed by atoms with Crippen molar-refractivity contribution in [2.24, 2.45) is 0 Å². The van der Waals surface area contributed by atoms with Crippen molar-refractivity contribution in [3.63, 3.8) is 0 Å². The summed E-state index contributed by atoms with van der Waals surface area (Å²) in [7, 11) is -4.85. The number of hydrogen-bond donors (Lipinski definition) is 1. The van der Waals surface area contributed by atoms with Crippen LogP contribution >= 0.6 is 0 Å². The summed E-state index contributed by atoms with van der Waals surface area (Å²) in [5, 5.41) is 10.0. The van der Waals surface area contributed by atoms with E-state index in [2.05, 4.69) is 76.1 Å². The molecule has 0 aliphatic carbocycles. The van der Waals surface area contributed by atoms with Crippen LogP contribution in [0.25, 0.3) is 0 Å². The lowest BCUT2D eigenvalue weighted by atomic mass is 10.0. The van der Waals surface area contributed by atoms with Crippen molar-refractivity contribution in [3.05, 3.63) is 93.7 Å². The summed E-state index contributed by atoms with van der Waals surface area (Å²) in [4.78, 5) is 0. The van der Waals surface area contributed by atoms with Gasteiger partial charge in [0.05, 0.1) is 0 Å². The Morgan fingerprint density at radius 1 is 0.667 bits per heavy atom. The Labute approximate surface area is 256 Å². The molecule has 0 heterocycles. The average molecular weight is 598 g/mol. The van der Waals surface area contributed by atoms with Crippen molar-refractivity contribution in [1.82, 2.24) is 0 Å². The highest BCUT2D eigenvalue weighted by Crippen LogP contribution is 2.25. The minimum Gasteiger partial charge on any atom is -0.716 e. The van der Waals surface area contributed by atoms with Crippen LogP contribution in [0, 0.1) is 0 Å². The van der Waals surface area contributed by atoms with Crippen molar-refractivity contribution in [2.75, 3.05) is 0 Å². The molecule has 0 aromatic heterocycles. The summed E-state index contributed by atoms with van der Waals surface area (Å²) in [6, 6.07) is 3.96. The molecule has 0 radical (unpaired) electrons. The molecule has 0 aliphatic rings. The molecule has 1 N–H and O–H groups in total. The summed E-state index contributed by atoms with van der Waals surface area (Å²) >= 11 is 0. The molecule has 0 bridgehead atoms. The van der Waals surface area contributed by atoms with E-state index in [1.165, 1.54) is 51.6 Å². The smallest absolute Gasteiger partial charge is 0.262 e. The Bertz CT molecular complexity index is 1270. The number of phenols is 1. The summed E-state index contributed by atoms with van der Waals surface area (Å²) in [5.41, 5.74) is 8.87. The van der Waals surface area contributed by atoms with Crippen LogP contribution in [0.4, 0.5) is 0 Å². The minimum absolute atomic E-state index is 0.0316. The Kier molecular flexibility index (Phi) is 17.8. The number of allylic oxidation sites excluding steroid dienone is 12. The zero-order valence-electron chi connectivity index (χ0n) is 27.0. The van der Waals surface area contributed by atoms with Gasteiger partial charge in [0, 0.05) is 5.56 Å². The van der Waals surface area contributed by atoms with E-state index in [4.69, 9.17) is 0 Å². The maximum Gasteiger partial charge on any atom is 0.262 e. The van der Waals surface area contributed by atoms with Gasteiger partial charge in [-0.05, 0) is 137 Å². The van der Waals surface area contributed by atoms with Crippen LogP contribution in [0.1, 0.15) is 118 Å². The second-order valence-corrected chi connectivity index (χ2v) is 12.7. The average Bonchev–Trinajstić information content (AvgIpc) is 2.88. The zero-order chi connectivity index (χ0) is 31.5. The molecule has 0 spiro atoms. The van der Waals surface area contributed by atoms with Gasteiger partial charge in [0.25, 0.3) is 10.4 Å². The van der Waals surface area contributed by atoms with Gasteiger partial charge in [-0.2, -0.15) is 0 Å². The molecule has 42 heavy (non-hydrogen) atoms. The number of aromatic hydroxyl groups is 1. The van der Waals surface area contributed by atoms with Gasteiger partial charge in [0.15, 0.2) is 0 Å². The SMILES string of the molecule is CC(C)=CCC/C(C)=C/CC/C(C)=C/CC/C(C)=C/CC/C(C)=C/CC/C(C)=C/Cc1cc(OS(=O)(=O)[O-])ccc1O. The largest absolute Gasteiger partial charge is 0.716 e. The predicted molar refractivity (Wildman–Crippen MR) is 177 cm³/mol. The molecule has 0 unspecified atom stereocenters. The molecular weight excluding hydrogens is 544 g/mol. The molecule has 6 heteroatoms. The lowest BCUT2D eigenvalue weighted by Gasteiger charge is -2.11. The van der Waals surface area contributed by atoms with Gasteiger partial charge in [0.2, 0.25) is 0 Å². The van der Waals surface area contributed by atoms with Gasteiger partial charge in [-0.25, -0.2) is 8.42 Å². The van der Waals surface area contributed by atoms with E-state index in [-0.39, 0.29) is 11.5 Å². The molecule has 234 valence electrons. The summed E-state index contributed by atoms with van der Waals surface area (Å²) in [5.74, 6) is -0.0673. The van der Waals surface area contributed by atoms with E-state index >= 15 is 0 Å². The van der Waals surface area contributed by atoms with E-state index in [0.29, 0.717) is 12.0 Å². The third-order valence-corrected chi connectivity index (χ3v) is 7.53. The maximum absolute atomic E-state index is 10.8. The first-order valence-corrected chi connectivity index (χ1v) is 16.5. The normalized spacial score (nSPS) is 13.9. The highest BCUT2D eigenvalue weighted by molar-refractivity contribution is 7.81. The number of phenolic OH excluding ortho intramolecular Hbond substituents is 1. The molecule has 0 atom stereocenters. The molecule has 0 saturated heterocycles. The first-order chi connectivity index (χ1) is 19.7. The van der Waals surface area contributed by atoms with Crippen molar-refractivity contribution >= 4 is 10.4 Å². The van der Waals surface area contributed by atoms with Crippen LogP contribution in [0.2, 0.25) is 0 Å². The standard InChI is InChI=1S/C36H54O5S/c1-28(2)13-8-14-29(3)15-9-16-30(4)17-10-18-31(5)19-11-20-32(6)21-12-22-33(7)23-24-34-27-35(25-26-36(34)37)41-42(38,39)40/h13,15,17,19,21,23,25-27,37H,8-12,14,16,18,20,22,24H2,1-7H3,(H,38,39,40)/p-1/b29-15+,30-17+,31-19+,32-21+,33-23+. The van der Waals surface area contributed by atoms with Crippen molar-refractivity contribution in [2.45, 2.75) is 119 Å². The van der Waals surface area contributed by atoms with Gasteiger partial charge in [-0.1, -0.05) is 69.9 Å². The molecule has 1 aromatic rings. The lowest BCUT2D eigenvalue weighted by Crippen LogP contribution is -2.07. The van der Waals surface area contributed by atoms with Gasteiger partial charge >= 0.3 is 0 Å². The van der Waals surface area contributed by atoms with E-state index in [1.54, 1.807) is 0 Å². The first kappa shape index (κ1) is 37.2. The van der Waals surface area contributed by atoms with E-state index < -0.39 is 10.4 Å². The van der Waals surface area contributed by atoms with E-state index in [0.717, 1.165) is 64.2 Å². The van der Waals surface area contributed by atoms with Gasteiger partial charge < -0.3 is 13.8 Å². The van der Waals surface area contributed by atoms with Crippen LogP contribution in [0.15, 0.2) is 88.1 Å². The summed E-state index contributed by atoms with van der Waals surface area (Å²) in [6.45, 7) is 15.3. The third kappa shape index (κ3) is 19.3. The summed E-state index contributed by atoms with van der Waals surface area (Å²) in [6.07, 6.45) is 24.9. The van der Waals surface area contributed by atoms with Crippen LogP contribution in [-0.4, -0.2) is 18.1 Å². The summed E-state index contributed by atoms with van der Waals surface area (Å²) < 4.78 is 36.8. The van der Waals surface area contributed by atoms with Gasteiger partial charge in [-0.3, -0.25) is 0 Å². The molecule has 1 rings (SSSR count). The Balaban J connectivity index is 2.36. The highest BCUT2D eigenvalue weighted by Gasteiger charge is 2.05. The third-order valence-electron chi connectivity index (χ3n) is 7.14. The van der Waals surface area contributed by atoms with Crippen LogP contribution < -0.4 is 4.18 Å². The fourth-order valence-corrected chi connectivity index (χ4v) is 4.80. The van der Waals surface area contributed by atoms with Gasteiger partial charge in [-0.15, -0.1) is 0 Å². The molecule has 0 fully saturated rings. The molecule has 5 nitrogen and oxygen atoms in total. The molecular formula is C36H53O5S-. The first-order valence-electron chi connectivity index (χ1n) is 15.1.